The van der Waals surface area contributed by atoms with Crippen LogP contribution in [0.15, 0.2) is 58.8 Å². The number of fused-ring (bicyclic) bond motifs is 1. The highest BCUT2D eigenvalue weighted by Crippen LogP contribution is 2.38. The van der Waals surface area contributed by atoms with Crippen LogP contribution in [-0.2, 0) is 23.6 Å². The molecule has 2 N–H and O–H groups in total. The minimum absolute atomic E-state index is 0.0451. The van der Waals surface area contributed by atoms with Crippen LogP contribution < -0.4 is 10.0 Å². The van der Waals surface area contributed by atoms with Crippen LogP contribution >= 0.6 is 0 Å². The molecule has 3 aromatic rings. The normalized spacial score (nSPS) is 17.1. The molecule has 0 spiro atoms. The Morgan fingerprint density at radius 1 is 1.17 bits per heavy atom. The molecule has 156 valence electrons. The number of hydrogen-bond donors (Lipinski definition) is 2. The number of nitrogens with one attached hydrogen (secondary N) is 2. The van der Waals surface area contributed by atoms with Gasteiger partial charge in [0.1, 0.15) is 16.5 Å². The van der Waals surface area contributed by atoms with Crippen LogP contribution in [0.25, 0.3) is 0 Å². The fourth-order valence-electron chi connectivity index (χ4n) is 3.43. The van der Waals surface area contributed by atoms with Crippen molar-refractivity contribution in [1.82, 2.24) is 14.3 Å². The van der Waals surface area contributed by atoms with E-state index >= 15 is 0 Å². The van der Waals surface area contributed by atoms with Gasteiger partial charge >= 0.3 is 0 Å². The summed E-state index contributed by atoms with van der Waals surface area (Å²) in [6.07, 6.45) is 3.22. The number of anilines is 1. The molecule has 7 nitrogen and oxygen atoms in total. The summed E-state index contributed by atoms with van der Waals surface area (Å²) in [5, 5.41) is 2.88. The van der Waals surface area contributed by atoms with E-state index in [0.29, 0.717) is 0 Å². The molecule has 0 bridgehead atoms. The Morgan fingerprint density at radius 3 is 2.63 bits per heavy atom. The largest absolute Gasteiger partial charge is 0.336 e. The Hall–Kier alpha value is -3.27. The maximum Gasteiger partial charge on any atom is 0.266 e. The van der Waals surface area contributed by atoms with Gasteiger partial charge in [-0.2, -0.15) is 0 Å². The highest BCUT2D eigenvalue weighted by atomic mass is 32.2. The number of aromatic nitrogens is 2. The van der Waals surface area contributed by atoms with Crippen LogP contribution in [0.2, 0.25) is 0 Å². The van der Waals surface area contributed by atoms with Gasteiger partial charge in [0.25, 0.3) is 10.0 Å². The number of halogens is 2. The standard InChI is InChI=1S/C20H19F2N5O2S/c1-12(14-5-3-4-6-15(14)21)18-16(22)7-8-17-19(18)25-20(26-30(17,28)29)24-10-13-9-23-11-27(13)2/h3-9,11-12H,10H2,1-2H3,(H2,24,25,26)/t12-/m1/s1. The molecule has 0 fully saturated rings. The van der Waals surface area contributed by atoms with Crippen molar-refractivity contribution in [3.63, 3.8) is 0 Å². The van der Waals surface area contributed by atoms with Crippen LogP contribution in [0.3, 0.4) is 0 Å². The smallest absolute Gasteiger partial charge is 0.266 e. The highest BCUT2D eigenvalue weighted by Gasteiger charge is 2.32. The summed E-state index contributed by atoms with van der Waals surface area (Å²) in [5.74, 6) is -1.92. The van der Waals surface area contributed by atoms with E-state index in [9.17, 15) is 17.2 Å². The van der Waals surface area contributed by atoms with Crippen LogP contribution in [0.4, 0.5) is 14.5 Å². The zero-order valence-corrected chi connectivity index (χ0v) is 17.0. The SMILES string of the molecule is C[C@H](c1ccccc1F)c1c(F)ccc2c1NC(=NCc1cncn1C)NS2(=O)=O. The van der Waals surface area contributed by atoms with Gasteiger partial charge in [0.15, 0.2) is 0 Å². The second kappa shape index (κ2) is 7.52. The van der Waals surface area contributed by atoms with Gasteiger partial charge in [-0.15, -0.1) is 0 Å². The molecule has 0 radical (unpaired) electrons. The van der Waals surface area contributed by atoms with Gasteiger partial charge in [-0.05, 0) is 23.8 Å². The van der Waals surface area contributed by atoms with Crippen molar-refractivity contribution >= 4 is 21.7 Å². The summed E-state index contributed by atoms with van der Waals surface area (Å²) in [6.45, 7) is 1.78. The van der Waals surface area contributed by atoms with Crippen LogP contribution in [-0.4, -0.2) is 23.9 Å². The van der Waals surface area contributed by atoms with Crippen molar-refractivity contribution in [2.45, 2.75) is 24.3 Å². The molecule has 1 aliphatic heterocycles. The first-order valence-electron chi connectivity index (χ1n) is 9.14. The molecule has 1 aliphatic rings. The van der Waals surface area contributed by atoms with Crippen molar-refractivity contribution in [1.29, 1.82) is 0 Å². The first-order valence-corrected chi connectivity index (χ1v) is 10.6. The lowest BCUT2D eigenvalue weighted by Gasteiger charge is -2.26. The topological polar surface area (TPSA) is 88.4 Å². The molecule has 4 rings (SSSR count). The number of guanidine groups is 1. The second-order valence-electron chi connectivity index (χ2n) is 6.97. The Bertz CT molecular complexity index is 1250. The van der Waals surface area contributed by atoms with Crippen LogP contribution in [0, 0.1) is 11.6 Å². The lowest BCUT2D eigenvalue weighted by atomic mass is 9.91. The molecule has 10 heteroatoms. The van der Waals surface area contributed by atoms with Crippen molar-refractivity contribution in [2.24, 2.45) is 12.0 Å². The summed E-state index contributed by atoms with van der Waals surface area (Å²) >= 11 is 0. The third-order valence-corrected chi connectivity index (χ3v) is 6.42. The minimum atomic E-state index is -3.98. The lowest BCUT2D eigenvalue weighted by Crippen LogP contribution is -2.41. The quantitative estimate of drug-likeness (QED) is 0.665. The van der Waals surface area contributed by atoms with Crippen LogP contribution in [0.1, 0.15) is 29.7 Å². The lowest BCUT2D eigenvalue weighted by molar-refractivity contribution is 0.577. The molecule has 0 saturated heterocycles. The molecule has 2 aromatic carbocycles. The van der Waals surface area contributed by atoms with Gasteiger partial charge in [-0.25, -0.2) is 31.9 Å². The predicted molar refractivity (Wildman–Crippen MR) is 109 cm³/mol. The number of imidazole rings is 1. The second-order valence-corrected chi connectivity index (χ2v) is 8.62. The van der Waals surface area contributed by atoms with Gasteiger partial charge in [0.05, 0.1) is 30.5 Å². The molecular formula is C20H19F2N5O2S. The fourth-order valence-corrected chi connectivity index (χ4v) is 4.58. The van der Waals surface area contributed by atoms with Crippen molar-refractivity contribution in [3.8, 4) is 0 Å². The van der Waals surface area contributed by atoms with Crippen molar-refractivity contribution in [2.75, 3.05) is 5.32 Å². The van der Waals surface area contributed by atoms with E-state index in [1.165, 1.54) is 18.2 Å². The number of sulfonamides is 1. The molecule has 0 saturated carbocycles. The van der Waals surface area contributed by atoms with Gasteiger partial charge in [0, 0.05) is 18.5 Å². The summed E-state index contributed by atoms with van der Waals surface area (Å²) < 4.78 is 58.8. The van der Waals surface area contributed by atoms with E-state index in [1.807, 2.05) is 0 Å². The number of rotatable bonds is 4. The molecule has 1 atom stereocenters. The van der Waals surface area contributed by atoms with E-state index in [2.05, 4.69) is 20.0 Å². The highest BCUT2D eigenvalue weighted by molar-refractivity contribution is 7.90. The average Bonchev–Trinajstić information content (AvgIpc) is 3.10. The fraction of sp³-hybridized carbons (Fsp3) is 0.200. The first-order chi connectivity index (χ1) is 14.3. The molecule has 2 heterocycles. The van der Waals surface area contributed by atoms with Crippen molar-refractivity contribution < 1.29 is 17.2 Å². The van der Waals surface area contributed by atoms with Gasteiger partial charge in [0.2, 0.25) is 5.96 Å². The van der Waals surface area contributed by atoms with E-state index in [4.69, 9.17) is 0 Å². The molecular weight excluding hydrogens is 412 g/mol. The molecule has 0 unspecified atom stereocenters. The number of hydrogen-bond acceptors (Lipinski definition) is 4. The summed E-state index contributed by atoms with van der Waals surface area (Å²) in [7, 11) is -2.19. The molecule has 30 heavy (non-hydrogen) atoms. The van der Waals surface area contributed by atoms with E-state index in [1.54, 1.807) is 43.2 Å². The molecule has 0 aliphatic carbocycles. The number of nitrogens with zero attached hydrogens (tertiary/aromatic N) is 3. The maximum atomic E-state index is 14.9. The third-order valence-electron chi connectivity index (χ3n) is 5.04. The summed E-state index contributed by atoms with van der Waals surface area (Å²) in [5.41, 5.74) is 1.12. The monoisotopic (exact) mass is 431 g/mol. The number of aliphatic imine (C=N–C) groups is 1. The molecule has 1 aromatic heterocycles. The number of aryl methyl sites for hydroxylation is 1. The zero-order valence-electron chi connectivity index (χ0n) is 16.2. The summed E-state index contributed by atoms with van der Waals surface area (Å²) in [4.78, 5) is 8.13. The Kier molecular flexibility index (Phi) is 5.02. The van der Waals surface area contributed by atoms with Gasteiger partial charge in [-0.1, -0.05) is 25.1 Å². The van der Waals surface area contributed by atoms with E-state index < -0.39 is 27.6 Å². The van der Waals surface area contributed by atoms with Gasteiger partial charge in [-0.3, -0.25) is 0 Å². The predicted octanol–water partition coefficient (Wildman–Crippen LogP) is 3.11. The van der Waals surface area contributed by atoms with E-state index in [0.717, 1.165) is 11.8 Å². The zero-order chi connectivity index (χ0) is 21.5. The van der Waals surface area contributed by atoms with Crippen LogP contribution in [0.5, 0.6) is 0 Å². The Balaban J connectivity index is 1.79. The third kappa shape index (κ3) is 3.54. The summed E-state index contributed by atoms with van der Waals surface area (Å²) in [6, 6.07) is 8.27. The minimum Gasteiger partial charge on any atom is -0.336 e. The maximum absolute atomic E-state index is 14.9. The first kappa shape index (κ1) is 20.0. The number of benzene rings is 2. The Morgan fingerprint density at radius 2 is 1.93 bits per heavy atom. The average molecular weight is 431 g/mol. The van der Waals surface area contributed by atoms with Crippen molar-refractivity contribution in [3.05, 3.63) is 77.4 Å². The molecule has 0 amide bonds. The van der Waals surface area contributed by atoms with Gasteiger partial charge < -0.3 is 9.88 Å². The Labute approximate surface area is 172 Å². The van der Waals surface area contributed by atoms with E-state index in [-0.39, 0.29) is 34.2 Å².